The van der Waals surface area contributed by atoms with Gasteiger partial charge in [-0.3, -0.25) is 5.10 Å². The molecule has 9 heteroatoms. The quantitative estimate of drug-likeness (QED) is 0.281. The van der Waals surface area contributed by atoms with E-state index in [2.05, 4.69) is 25.1 Å². The predicted octanol–water partition coefficient (Wildman–Crippen LogP) is 2.22. The monoisotopic (exact) mass is 345 g/mol. The number of para-hydroxylation sites is 2. The van der Waals surface area contributed by atoms with Crippen molar-refractivity contribution in [2.75, 3.05) is 12.9 Å². The number of nitrogens with one attached hydrogen (secondary N) is 2. The van der Waals surface area contributed by atoms with Crippen molar-refractivity contribution in [3.8, 4) is 0 Å². The summed E-state index contributed by atoms with van der Waals surface area (Å²) < 4.78 is 4.78. The van der Waals surface area contributed by atoms with Gasteiger partial charge in [-0.1, -0.05) is 23.9 Å². The maximum absolute atomic E-state index is 12.1. The molecule has 2 aromatic heterocycles. The van der Waals surface area contributed by atoms with Crippen molar-refractivity contribution in [1.29, 1.82) is 0 Å². The normalized spacial score (nSPS) is 12.2. The molecule has 0 saturated heterocycles. The molecule has 0 aliphatic rings. The number of benzene rings is 1. The first-order valence-corrected chi connectivity index (χ1v) is 8.04. The standard InChI is InChI=1S/C15H15N5O3S/c1-8-16-15(20-19-8)24-7-11(21)12(14(22)23-2)13-17-9-5-3-4-6-10(9)18-13/h3-6,21H,7H2,1-2H3,(H,17,18)(H,16,19,20). The molecule has 0 amide bonds. The van der Waals surface area contributed by atoms with E-state index in [0.29, 0.717) is 16.5 Å². The zero-order valence-electron chi connectivity index (χ0n) is 13.0. The largest absolute Gasteiger partial charge is 0.510 e. The molecular weight excluding hydrogens is 330 g/mol. The number of thioether (sulfide) groups is 1. The molecule has 3 N–H and O–H groups in total. The van der Waals surface area contributed by atoms with Gasteiger partial charge in [0.2, 0.25) is 5.16 Å². The van der Waals surface area contributed by atoms with Crippen LogP contribution in [0.1, 0.15) is 11.6 Å². The Balaban J connectivity index is 1.93. The van der Waals surface area contributed by atoms with Gasteiger partial charge in [-0.25, -0.2) is 14.8 Å². The number of hydrogen-bond donors (Lipinski definition) is 3. The summed E-state index contributed by atoms with van der Waals surface area (Å²) in [4.78, 5) is 23.6. The summed E-state index contributed by atoms with van der Waals surface area (Å²) in [5, 5.41) is 17.6. The highest BCUT2D eigenvalue weighted by molar-refractivity contribution is 7.99. The number of fused-ring (bicyclic) bond motifs is 1. The third-order valence-electron chi connectivity index (χ3n) is 3.22. The highest BCUT2D eigenvalue weighted by atomic mass is 32.2. The summed E-state index contributed by atoms with van der Waals surface area (Å²) in [6.07, 6.45) is 0. The lowest BCUT2D eigenvalue weighted by Gasteiger charge is -2.06. The van der Waals surface area contributed by atoms with Gasteiger partial charge in [-0.15, -0.1) is 5.10 Å². The summed E-state index contributed by atoms with van der Waals surface area (Å²) in [5.74, 6) is 0.212. The highest BCUT2D eigenvalue weighted by Crippen LogP contribution is 2.24. The van der Waals surface area contributed by atoms with Gasteiger partial charge >= 0.3 is 5.97 Å². The van der Waals surface area contributed by atoms with Gasteiger partial charge in [0.1, 0.15) is 23.0 Å². The average molecular weight is 345 g/mol. The summed E-state index contributed by atoms with van der Waals surface area (Å²) in [6, 6.07) is 7.35. The fraction of sp³-hybridized carbons (Fsp3) is 0.200. The van der Waals surface area contributed by atoms with Gasteiger partial charge in [0.25, 0.3) is 0 Å². The van der Waals surface area contributed by atoms with E-state index in [4.69, 9.17) is 4.74 Å². The van der Waals surface area contributed by atoms with Gasteiger partial charge in [-0.2, -0.15) is 0 Å². The lowest BCUT2D eigenvalue weighted by Crippen LogP contribution is -2.09. The second-order valence-corrected chi connectivity index (χ2v) is 5.85. The van der Waals surface area contributed by atoms with Crippen molar-refractivity contribution in [3.63, 3.8) is 0 Å². The van der Waals surface area contributed by atoms with Crippen LogP contribution in [0.2, 0.25) is 0 Å². The molecule has 8 nitrogen and oxygen atoms in total. The fourth-order valence-corrected chi connectivity index (χ4v) is 2.84. The molecule has 2 heterocycles. The predicted molar refractivity (Wildman–Crippen MR) is 89.5 cm³/mol. The van der Waals surface area contributed by atoms with Crippen LogP contribution in [0, 0.1) is 6.92 Å². The number of H-pyrrole nitrogens is 2. The zero-order chi connectivity index (χ0) is 17.1. The second-order valence-electron chi connectivity index (χ2n) is 4.91. The topological polar surface area (TPSA) is 117 Å². The van der Waals surface area contributed by atoms with Crippen LogP contribution < -0.4 is 0 Å². The number of aromatic nitrogens is 5. The number of methoxy groups -OCH3 is 1. The van der Waals surface area contributed by atoms with Crippen LogP contribution in [0.5, 0.6) is 0 Å². The molecule has 0 atom stereocenters. The molecule has 0 aliphatic carbocycles. The molecule has 0 fully saturated rings. The smallest absolute Gasteiger partial charge is 0.345 e. The molecule has 1 aromatic carbocycles. The van der Waals surface area contributed by atoms with E-state index in [1.807, 2.05) is 24.3 Å². The fourth-order valence-electron chi connectivity index (χ4n) is 2.12. The molecule has 0 bridgehead atoms. The van der Waals surface area contributed by atoms with Gasteiger partial charge in [-0.05, 0) is 19.1 Å². The van der Waals surface area contributed by atoms with Crippen molar-refractivity contribution >= 4 is 34.3 Å². The number of aliphatic hydroxyl groups excluding tert-OH is 1. The van der Waals surface area contributed by atoms with Crippen LogP contribution in [0.15, 0.2) is 35.2 Å². The Bertz CT molecular complexity index is 882. The first kappa shape index (κ1) is 16.1. The van der Waals surface area contributed by atoms with Gasteiger partial charge in [0, 0.05) is 0 Å². The minimum absolute atomic E-state index is 0.00606. The molecule has 0 saturated carbocycles. The Labute approximate surface area is 141 Å². The summed E-state index contributed by atoms with van der Waals surface area (Å²) in [5.41, 5.74) is 1.45. The van der Waals surface area contributed by atoms with Crippen molar-refractivity contribution in [3.05, 3.63) is 41.7 Å². The van der Waals surface area contributed by atoms with E-state index in [1.54, 1.807) is 6.92 Å². The molecule has 0 unspecified atom stereocenters. The van der Waals surface area contributed by atoms with Crippen LogP contribution >= 0.6 is 11.8 Å². The molecule has 3 aromatic rings. The molecule has 24 heavy (non-hydrogen) atoms. The van der Waals surface area contributed by atoms with E-state index < -0.39 is 5.97 Å². The van der Waals surface area contributed by atoms with E-state index in [-0.39, 0.29) is 22.9 Å². The average Bonchev–Trinajstić information content (AvgIpc) is 3.18. The Kier molecular flexibility index (Phi) is 4.52. The molecular formula is C15H15N5O3S. The number of carbonyl (C=O) groups is 1. The first-order chi connectivity index (χ1) is 11.6. The Morgan fingerprint density at radius 2 is 2.12 bits per heavy atom. The minimum Gasteiger partial charge on any atom is -0.510 e. The van der Waals surface area contributed by atoms with Crippen LogP contribution in [-0.4, -0.2) is 49.1 Å². The number of nitrogens with zero attached hydrogens (tertiary/aromatic N) is 3. The maximum atomic E-state index is 12.1. The Morgan fingerprint density at radius 1 is 1.33 bits per heavy atom. The van der Waals surface area contributed by atoms with E-state index >= 15 is 0 Å². The van der Waals surface area contributed by atoms with Crippen LogP contribution in [0.3, 0.4) is 0 Å². The highest BCUT2D eigenvalue weighted by Gasteiger charge is 2.22. The number of carbonyl (C=O) groups excluding carboxylic acids is 1. The molecule has 124 valence electrons. The number of imidazole rings is 1. The van der Waals surface area contributed by atoms with E-state index in [1.165, 1.54) is 18.9 Å². The number of rotatable bonds is 5. The zero-order valence-corrected chi connectivity index (χ0v) is 13.8. The van der Waals surface area contributed by atoms with Crippen LogP contribution in [-0.2, 0) is 9.53 Å². The van der Waals surface area contributed by atoms with E-state index in [9.17, 15) is 9.90 Å². The number of aromatic amines is 2. The van der Waals surface area contributed by atoms with Crippen LogP contribution in [0.4, 0.5) is 0 Å². The summed E-state index contributed by atoms with van der Waals surface area (Å²) >= 11 is 1.20. The van der Waals surface area contributed by atoms with Crippen molar-refractivity contribution in [2.24, 2.45) is 0 Å². The molecule has 0 radical (unpaired) electrons. The lowest BCUT2D eigenvalue weighted by molar-refractivity contribution is -0.133. The summed E-state index contributed by atoms with van der Waals surface area (Å²) in [6.45, 7) is 1.78. The number of esters is 1. The van der Waals surface area contributed by atoms with Crippen molar-refractivity contribution in [2.45, 2.75) is 12.1 Å². The molecule has 3 rings (SSSR count). The molecule has 0 aliphatic heterocycles. The molecule has 0 spiro atoms. The van der Waals surface area contributed by atoms with Gasteiger partial charge in [0.15, 0.2) is 0 Å². The first-order valence-electron chi connectivity index (χ1n) is 7.06. The van der Waals surface area contributed by atoms with Gasteiger partial charge < -0.3 is 14.8 Å². The summed E-state index contributed by atoms with van der Waals surface area (Å²) in [7, 11) is 1.25. The lowest BCUT2D eigenvalue weighted by atomic mass is 10.2. The second kappa shape index (κ2) is 6.75. The minimum atomic E-state index is -0.668. The van der Waals surface area contributed by atoms with Gasteiger partial charge in [0.05, 0.1) is 23.9 Å². The van der Waals surface area contributed by atoms with E-state index in [0.717, 1.165) is 5.52 Å². The number of hydrogen-bond acceptors (Lipinski definition) is 7. The Hall–Kier alpha value is -2.81. The van der Waals surface area contributed by atoms with Crippen LogP contribution in [0.25, 0.3) is 16.6 Å². The number of aryl methyl sites for hydroxylation is 1. The number of ether oxygens (including phenoxy) is 1. The van der Waals surface area contributed by atoms with Crippen molar-refractivity contribution < 1.29 is 14.6 Å². The van der Waals surface area contributed by atoms with Crippen molar-refractivity contribution in [1.82, 2.24) is 25.1 Å². The third-order valence-corrected chi connectivity index (χ3v) is 4.08. The SMILES string of the molecule is COC(=O)C(=C(O)CSc1n[nH]c(C)n1)c1nc2ccccc2[nH]1. The third kappa shape index (κ3) is 3.25. The maximum Gasteiger partial charge on any atom is 0.345 e. The number of aliphatic hydroxyl groups is 1. The Morgan fingerprint density at radius 3 is 2.79 bits per heavy atom.